The van der Waals surface area contributed by atoms with Gasteiger partial charge in [-0.2, -0.15) is 5.10 Å². The number of anilines is 1. The predicted molar refractivity (Wildman–Crippen MR) is 106 cm³/mol. The first-order chi connectivity index (χ1) is 13.7. The Morgan fingerprint density at radius 2 is 1.96 bits per heavy atom. The van der Waals surface area contributed by atoms with Crippen molar-refractivity contribution in [2.75, 3.05) is 5.32 Å². The van der Waals surface area contributed by atoms with Crippen LogP contribution >= 0.6 is 11.6 Å². The molecule has 0 bridgehead atoms. The molecule has 0 radical (unpaired) electrons. The van der Waals surface area contributed by atoms with Gasteiger partial charge in [0, 0.05) is 24.6 Å². The highest BCUT2D eigenvalue weighted by Gasteiger charge is 2.11. The number of pyridine rings is 1. The maximum absolute atomic E-state index is 12.5. The molecule has 1 amide bonds. The third-order valence-corrected chi connectivity index (χ3v) is 4.45. The topological polar surface area (TPSA) is 77.6 Å². The summed E-state index contributed by atoms with van der Waals surface area (Å²) in [6.45, 7) is 0.666. The van der Waals surface area contributed by atoms with E-state index in [4.69, 9.17) is 11.6 Å². The molecule has 0 aliphatic rings. The van der Waals surface area contributed by atoms with Crippen molar-refractivity contribution in [3.8, 4) is 5.82 Å². The van der Waals surface area contributed by atoms with Gasteiger partial charge >= 0.3 is 0 Å². The average molecular weight is 393 g/mol. The van der Waals surface area contributed by atoms with Gasteiger partial charge in [0.15, 0.2) is 5.82 Å². The fourth-order valence-electron chi connectivity index (χ4n) is 2.84. The fraction of sp³-hybridized carbons (Fsp3) is 0.100. The Labute approximate surface area is 166 Å². The summed E-state index contributed by atoms with van der Waals surface area (Å²) < 4.78 is 3.49. The molecule has 0 unspecified atom stereocenters. The Hall–Kier alpha value is -3.45. The van der Waals surface area contributed by atoms with E-state index in [2.05, 4.69) is 20.4 Å². The number of carbonyl (C=O) groups is 1. The number of hydrogen-bond acceptors (Lipinski definition) is 4. The maximum Gasteiger partial charge on any atom is 0.230 e. The summed E-state index contributed by atoms with van der Waals surface area (Å²) in [4.78, 5) is 20.8. The smallest absolute Gasteiger partial charge is 0.230 e. The van der Waals surface area contributed by atoms with Gasteiger partial charge < -0.3 is 9.88 Å². The molecule has 0 saturated carbocycles. The number of nitrogens with zero attached hydrogens (tertiary/aromatic N) is 5. The molecule has 3 aromatic heterocycles. The van der Waals surface area contributed by atoms with Crippen molar-refractivity contribution in [2.24, 2.45) is 0 Å². The second-order valence-corrected chi connectivity index (χ2v) is 6.61. The molecule has 0 saturated heterocycles. The number of aromatic nitrogens is 5. The maximum atomic E-state index is 12.5. The number of imidazole rings is 1. The summed E-state index contributed by atoms with van der Waals surface area (Å²) in [5.41, 5.74) is 2.55. The van der Waals surface area contributed by atoms with Crippen LogP contribution in [0.5, 0.6) is 0 Å². The van der Waals surface area contributed by atoms with Gasteiger partial charge in [0.25, 0.3) is 0 Å². The van der Waals surface area contributed by atoms with Crippen molar-refractivity contribution in [2.45, 2.75) is 13.0 Å². The standard InChI is InChI=1S/C20H17ClN6O/c21-18-7-4-8-23-20(18)27-13-16(10-24-27)25-19(28)9-17-11-22-14-26(17)12-15-5-2-1-3-6-15/h1-8,10-11,13-14H,9,12H2,(H,25,28). The molecule has 28 heavy (non-hydrogen) atoms. The highest BCUT2D eigenvalue weighted by atomic mass is 35.5. The molecule has 0 spiro atoms. The van der Waals surface area contributed by atoms with E-state index >= 15 is 0 Å². The van der Waals surface area contributed by atoms with E-state index < -0.39 is 0 Å². The van der Waals surface area contributed by atoms with Crippen molar-refractivity contribution in [3.63, 3.8) is 0 Å². The molecule has 1 N–H and O–H groups in total. The molecule has 8 heteroatoms. The highest BCUT2D eigenvalue weighted by Crippen LogP contribution is 2.18. The number of benzene rings is 1. The minimum atomic E-state index is -0.151. The van der Waals surface area contributed by atoms with Crippen LogP contribution in [0, 0.1) is 0 Å². The first-order valence-corrected chi connectivity index (χ1v) is 9.05. The summed E-state index contributed by atoms with van der Waals surface area (Å²) in [6, 6.07) is 13.5. The van der Waals surface area contributed by atoms with E-state index in [1.54, 1.807) is 43.2 Å². The van der Waals surface area contributed by atoms with E-state index in [0.717, 1.165) is 11.3 Å². The lowest BCUT2D eigenvalue weighted by atomic mass is 10.2. The zero-order valence-electron chi connectivity index (χ0n) is 14.9. The molecule has 0 aliphatic heterocycles. The van der Waals surface area contributed by atoms with E-state index in [-0.39, 0.29) is 12.3 Å². The Balaban J connectivity index is 1.42. The normalized spacial score (nSPS) is 10.8. The van der Waals surface area contributed by atoms with Gasteiger partial charge in [-0.25, -0.2) is 14.6 Å². The van der Waals surface area contributed by atoms with Crippen LogP contribution in [-0.4, -0.2) is 30.2 Å². The van der Waals surface area contributed by atoms with Crippen LogP contribution in [0.4, 0.5) is 5.69 Å². The quantitative estimate of drug-likeness (QED) is 0.546. The molecule has 7 nitrogen and oxygen atoms in total. The number of amides is 1. The van der Waals surface area contributed by atoms with E-state index in [0.29, 0.717) is 23.1 Å². The van der Waals surface area contributed by atoms with Gasteiger partial charge in [-0.1, -0.05) is 41.9 Å². The molecule has 0 aliphatic carbocycles. The van der Waals surface area contributed by atoms with Gasteiger partial charge in [-0.3, -0.25) is 4.79 Å². The Kier molecular flexibility index (Phi) is 5.16. The van der Waals surface area contributed by atoms with Crippen LogP contribution in [-0.2, 0) is 17.8 Å². The number of carbonyl (C=O) groups excluding carboxylic acids is 1. The lowest BCUT2D eigenvalue weighted by Gasteiger charge is -2.08. The zero-order chi connectivity index (χ0) is 19.3. The largest absolute Gasteiger partial charge is 0.330 e. The third kappa shape index (κ3) is 4.10. The van der Waals surface area contributed by atoms with Gasteiger partial charge in [-0.05, 0) is 17.7 Å². The predicted octanol–water partition coefficient (Wildman–Crippen LogP) is 3.35. The number of rotatable bonds is 6. The molecule has 4 rings (SSSR count). The summed E-state index contributed by atoms with van der Waals surface area (Å²) in [5.74, 6) is 0.354. The minimum absolute atomic E-state index is 0.151. The molecule has 0 atom stereocenters. The van der Waals surface area contributed by atoms with Gasteiger partial charge in [0.1, 0.15) is 0 Å². The molecule has 0 fully saturated rings. The first-order valence-electron chi connectivity index (χ1n) is 8.67. The Bertz CT molecular complexity index is 1090. The molecule has 140 valence electrons. The van der Waals surface area contributed by atoms with Crippen LogP contribution in [0.25, 0.3) is 5.82 Å². The summed E-state index contributed by atoms with van der Waals surface area (Å²) in [5, 5.41) is 7.53. The monoisotopic (exact) mass is 392 g/mol. The van der Waals surface area contributed by atoms with Crippen LogP contribution in [0.3, 0.4) is 0 Å². The summed E-state index contributed by atoms with van der Waals surface area (Å²) in [6.07, 6.45) is 8.52. The summed E-state index contributed by atoms with van der Waals surface area (Å²) >= 11 is 6.13. The molecular formula is C20H17ClN6O. The van der Waals surface area contributed by atoms with Gasteiger partial charge in [0.2, 0.25) is 5.91 Å². The third-order valence-electron chi connectivity index (χ3n) is 4.16. The van der Waals surface area contributed by atoms with Crippen LogP contribution in [0.1, 0.15) is 11.3 Å². The lowest BCUT2D eigenvalue weighted by molar-refractivity contribution is -0.115. The van der Waals surface area contributed by atoms with Crippen molar-refractivity contribution < 1.29 is 4.79 Å². The zero-order valence-corrected chi connectivity index (χ0v) is 15.6. The Morgan fingerprint density at radius 1 is 1.11 bits per heavy atom. The number of hydrogen-bond donors (Lipinski definition) is 1. The molecule has 1 aromatic carbocycles. The number of nitrogens with one attached hydrogen (secondary N) is 1. The van der Waals surface area contributed by atoms with Crippen LogP contribution in [0.2, 0.25) is 5.02 Å². The SMILES string of the molecule is O=C(Cc1cncn1Cc1ccccc1)Nc1cnn(-c2ncccc2Cl)c1. The fourth-order valence-corrected chi connectivity index (χ4v) is 3.04. The van der Waals surface area contributed by atoms with Crippen LogP contribution < -0.4 is 5.32 Å². The molecule has 3 heterocycles. The van der Waals surface area contributed by atoms with Crippen molar-refractivity contribution in [1.82, 2.24) is 24.3 Å². The van der Waals surface area contributed by atoms with Gasteiger partial charge in [0.05, 0.1) is 35.9 Å². The van der Waals surface area contributed by atoms with Crippen molar-refractivity contribution >= 4 is 23.2 Å². The van der Waals surface area contributed by atoms with Crippen LogP contribution in [0.15, 0.2) is 73.6 Å². The molecule has 4 aromatic rings. The Morgan fingerprint density at radius 3 is 2.79 bits per heavy atom. The second kappa shape index (κ2) is 8.06. The second-order valence-electron chi connectivity index (χ2n) is 6.21. The van der Waals surface area contributed by atoms with E-state index in [9.17, 15) is 4.79 Å². The highest BCUT2D eigenvalue weighted by molar-refractivity contribution is 6.32. The average Bonchev–Trinajstić information content (AvgIpc) is 3.33. The van der Waals surface area contributed by atoms with Crippen molar-refractivity contribution in [3.05, 3.63) is 89.9 Å². The van der Waals surface area contributed by atoms with E-state index in [1.807, 2.05) is 34.9 Å². The van der Waals surface area contributed by atoms with Crippen molar-refractivity contribution in [1.29, 1.82) is 0 Å². The minimum Gasteiger partial charge on any atom is -0.330 e. The van der Waals surface area contributed by atoms with Gasteiger partial charge in [-0.15, -0.1) is 0 Å². The molecular weight excluding hydrogens is 376 g/mol. The first kappa shape index (κ1) is 17.9. The lowest BCUT2D eigenvalue weighted by Crippen LogP contribution is -2.16. The summed E-state index contributed by atoms with van der Waals surface area (Å²) in [7, 11) is 0. The van der Waals surface area contributed by atoms with E-state index in [1.165, 1.54) is 4.68 Å². The number of halogens is 1.